The number of hydrogen-bond donors (Lipinski definition) is 1. The van der Waals surface area contributed by atoms with Crippen LogP contribution in [0.1, 0.15) is 12.0 Å². The van der Waals surface area contributed by atoms with Crippen LogP contribution in [0, 0.1) is 0 Å². The molecule has 0 bridgehead atoms. The van der Waals surface area contributed by atoms with Crippen LogP contribution < -0.4 is 5.32 Å². The standard InChI is InChI=1S/C11H11Cl2NO2/c12-8-2-1-3-9(13)7(8)6-14-10-4-5-16-11(10)15/h1-3,10,14H,4-6H2. The number of carbonyl (C=O) groups excluding carboxylic acids is 1. The third kappa shape index (κ3) is 2.48. The first-order valence-electron chi connectivity index (χ1n) is 5.01. The lowest BCUT2D eigenvalue weighted by Crippen LogP contribution is -2.32. The molecule has 86 valence electrons. The number of carbonyl (C=O) groups is 1. The van der Waals surface area contributed by atoms with Crippen LogP contribution in [-0.2, 0) is 16.1 Å². The van der Waals surface area contributed by atoms with Crippen molar-refractivity contribution in [1.82, 2.24) is 5.32 Å². The van der Waals surface area contributed by atoms with Crippen molar-refractivity contribution in [2.24, 2.45) is 0 Å². The fourth-order valence-electron chi connectivity index (χ4n) is 1.61. The highest BCUT2D eigenvalue weighted by atomic mass is 35.5. The van der Waals surface area contributed by atoms with E-state index in [4.69, 9.17) is 27.9 Å². The van der Waals surface area contributed by atoms with E-state index >= 15 is 0 Å². The molecule has 2 rings (SSSR count). The molecule has 0 radical (unpaired) electrons. The maximum Gasteiger partial charge on any atom is 0.323 e. The second-order valence-corrected chi connectivity index (χ2v) is 4.40. The number of ether oxygens (including phenoxy) is 1. The summed E-state index contributed by atoms with van der Waals surface area (Å²) in [5, 5.41) is 4.29. The van der Waals surface area contributed by atoms with Gasteiger partial charge >= 0.3 is 5.97 Å². The third-order valence-electron chi connectivity index (χ3n) is 2.52. The largest absolute Gasteiger partial charge is 0.464 e. The second kappa shape index (κ2) is 5.04. The Morgan fingerprint density at radius 2 is 2.06 bits per heavy atom. The van der Waals surface area contributed by atoms with Gasteiger partial charge in [0.2, 0.25) is 0 Å². The molecule has 1 aromatic carbocycles. The van der Waals surface area contributed by atoms with Crippen LogP contribution in [0.15, 0.2) is 18.2 Å². The molecule has 1 atom stereocenters. The van der Waals surface area contributed by atoms with Gasteiger partial charge in [0.05, 0.1) is 6.61 Å². The molecule has 0 aromatic heterocycles. The zero-order valence-electron chi connectivity index (χ0n) is 8.50. The Morgan fingerprint density at radius 1 is 1.38 bits per heavy atom. The average molecular weight is 260 g/mol. The summed E-state index contributed by atoms with van der Waals surface area (Å²) in [4.78, 5) is 11.2. The van der Waals surface area contributed by atoms with Gasteiger partial charge in [-0.1, -0.05) is 29.3 Å². The molecule has 1 saturated heterocycles. The molecular weight excluding hydrogens is 249 g/mol. The number of esters is 1. The molecule has 0 aliphatic carbocycles. The van der Waals surface area contributed by atoms with Gasteiger partial charge in [-0.3, -0.25) is 4.79 Å². The molecule has 16 heavy (non-hydrogen) atoms. The Kier molecular flexibility index (Phi) is 3.69. The van der Waals surface area contributed by atoms with Crippen molar-refractivity contribution in [3.63, 3.8) is 0 Å². The first kappa shape index (κ1) is 11.7. The number of cyclic esters (lactones) is 1. The Balaban J connectivity index is 2.02. The Labute approximate surface area is 104 Å². The highest BCUT2D eigenvalue weighted by Gasteiger charge is 2.25. The summed E-state index contributed by atoms with van der Waals surface area (Å²) in [5.41, 5.74) is 0.811. The van der Waals surface area contributed by atoms with E-state index in [-0.39, 0.29) is 12.0 Å². The van der Waals surface area contributed by atoms with E-state index in [1.54, 1.807) is 18.2 Å². The molecule has 3 nitrogen and oxygen atoms in total. The normalized spacial score (nSPS) is 19.9. The van der Waals surface area contributed by atoms with Crippen LogP contribution in [0.2, 0.25) is 10.0 Å². The lowest BCUT2D eigenvalue weighted by Gasteiger charge is -2.11. The van der Waals surface area contributed by atoms with Crippen LogP contribution in [0.4, 0.5) is 0 Å². The van der Waals surface area contributed by atoms with Gasteiger partial charge in [-0.05, 0) is 12.1 Å². The predicted octanol–water partition coefficient (Wildman–Crippen LogP) is 2.40. The van der Waals surface area contributed by atoms with Crippen LogP contribution in [0.5, 0.6) is 0 Å². The highest BCUT2D eigenvalue weighted by molar-refractivity contribution is 6.35. The van der Waals surface area contributed by atoms with Crippen LogP contribution in [-0.4, -0.2) is 18.6 Å². The van der Waals surface area contributed by atoms with Gasteiger partial charge in [-0.2, -0.15) is 0 Å². The number of nitrogens with one attached hydrogen (secondary N) is 1. The van der Waals surface area contributed by atoms with Gasteiger partial charge < -0.3 is 10.1 Å². The number of halogens is 2. The summed E-state index contributed by atoms with van der Waals surface area (Å²) in [6.07, 6.45) is 0.695. The third-order valence-corrected chi connectivity index (χ3v) is 3.23. The number of hydrogen-bond acceptors (Lipinski definition) is 3. The van der Waals surface area contributed by atoms with E-state index in [1.807, 2.05) is 0 Å². The molecule has 0 spiro atoms. The molecule has 0 saturated carbocycles. The molecule has 1 aliphatic heterocycles. The Hall–Kier alpha value is -0.770. The van der Waals surface area contributed by atoms with Crippen molar-refractivity contribution in [3.05, 3.63) is 33.8 Å². The van der Waals surface area contributed by atoms with Gasteiger partial charge in [0.1, 0.15) is 6.04 Å². The summed E-state index contributed by atoms with van der Waals surface area (Å²) >= 11 is 12.0. The fraction of sp³-hybridized carbons (Fsp3) is 0.364. The van der Waals surface area contributed by atoms with Gasteiger partial charge in [-0.15, -0.1) is 0 Å². The van der Waals surface area contributed by atoms with E-state index in [9.17, 15) is 4.79 Å². The van der Waals surface area contributed by atoms with Gasteiger partial charge in [0.15, 0.2) is 0 Å². The minimum absolute atomic E-state index is 0.205. The molecule has 5 heteroatoms. The summed E-state index contributed by atoms with van der Waals surface area (Å²) in [7, 11) is 0. The summed E-state index contributed by atoms with van der Waals surface area (Å²) in [6, 6.07) is 5.10. The topological polar surface area (TPSA) is 38.3 Å². The van der Waals surface area contributed by atoms with Crippen LogP contribution in [0.3, 0.4) is 0 Å². The molecule has 1 aromatic rings. The fourth-order valence-corrected chi connectivity index (χ4v) is 2.14. The zero-order chi connectivity index (χ0) is 11.5. The zero-order valence-corrected chi connectivity index (χ0v) is 10.0. The van der Waals surface area contributed by atoms with E-state index in [2.05, 4.69) is 5.32 Å². The summed E-state index contributed by atoms with van der Waals surface area (Å²) in [6.45, 7) is 0.949. The monoisotopic (exact) mass is 259 g/mol. The molecule has 1 aliphatic rings. The summed E-state index contributed by atoms with van der Waals surface area (Å²) in [5.74, 6) is -0.205. The molecule has 0 amide bonds. The molecule has 1 unspecified atom stereocenters. The van der Waals surface area contributed by atoms with E-state index in [0.29, 0.717) is 29.6 Å². The van der Waals surface area contributed by atoms with Gasteiger partial charge in [-0.25, -0.2) is 0 Å². The van der Waals surface area contributed by atoms with Crippen molar-refractivity contribution < 1.29 is 9.53 Å². The molecular formula is C11H11Cl2NO2. The molecule has 1 heterocycles. The quantitative estimate of drug-likeness (QED) is 0.848. The second-order valence-electron chi connectivity index (χ2n) is 3.59. The van der Waals surface area contributed by atoms with Crippen LogP contribution >= 0.6 is 23.2 Å². The van der Waals surface area contributed by atoms with E-state index in [1.165, 1.54) is 0 Å². The van der Waals surface area contributed by atoms with Crippen LogP contribution in [0.25, 0.3) is 0 Å². The average Bonchev–Trinajstić information content (AvgIpc) is 2.64. The SMILES string of the molecule is O=C1OCCC1NCc1c(Cl)cccc1Cl. The van der Waals surface area contributed by atoms with Gasteiger partial charge in [0.25, 0.3) is 0 Å². The van der Waals surface area contributed by atoms with Crippen molar-refractivity contribution in [2.45, 2.75) is 19.0 Å². The Bertz CT molecular complexity index is 389. The maximum atomic E-state index is 11.2. The smallest absolute Gasteiger partial charge is 0.323 e. The minimum atomic E-state index is -0.243. The van der Waals surface area contributed by atoms with Crippen molar-refractivity contribution in [1.29, 1.82) is 0 Å². The van der Waals surface area contributed by atoms with Gasteiger partial charge in [0, 0.05) is 28.6 Å². The highest BCUT2D eigenvalue weighted by Crippen LogP contribution is 2.24. The Morgan fingerprint density at radius 3 is 2.62 bits per heavy atom. The van der Waals surface area contributed by atoms with E-state index < -0.39 is 0 Å². The lowest BCUT2D eigenvalue weighted by molar-refractivity contribution is -0.139. The van der Waals surface area contributed by atoms with Crippen molar-refractivity contribution >= 4 is 29.2 Å². The summed E-state index contributed by atoms with van der Waals surface area (Å²) < 4.78 is 4.85. The van der Waals surface area contributed by atoms with E-state index in [0.717, 1.165) is 5.56 Å². The molecule has 1 N–H and O–H groups in total. The predicted molar refractivity (Wildman–Crippen MR) is 62.7 cm³/mol. The molecule has 1 fully saturated rings. The lowest BCUT2D eigenvalue weighted by atomic mass is 10.2. The number of rotatable bonds is 3. The first-order chi connectivity index (χ1) is 7.68. The number of benzene rings is 1. The van der Waals surface area contributed by atoms with Crippen molar-refractivity contribution in [2.75, 3.05) is 6.61 Å². The maximum absolute atomic E-state index is 11.2. The minimum Gasteiger partial charge on any atom is -0.464 e. The first-order valence-corrected chi connectivity index (χ1v) is 5.77. The van der Waals surface area contributed by atoms with Crippen molar-refractivity contribution in [3.8, 4) is 0 Å².